The van der Waals surface area contributed by atoms with E-state index in [-0.39, 0.29) is 35.0 Å². The van der Waals surface area contributed by atoms with Gasteiger partial charge in [-0.1, -0.05) is 60.2 Å². The second-order valence-electron chi connectivity index (χ2n) is 9.07. The molecule has 6 nitrogen and oxygen atoms in total. The van der Waals surface area contributed by atoms with Crippen molar-refractivity contribution in [3.05, 3.63) is 107 Å². The molecule has 37 heavy (non-hydrogen) atoms. The van der Waals surface area contributed by atoms with Gasteiger partial charge in [-0.15, -0.1) is 0 Å². The first-order chi connectivity index (χ1) is 17.8. The summed E-state index contributed by atoms with van der Waals surface area (Å²) in [5.74, 6) is -0.467. The molecule has 1 aliphatic rings. The first-order valence-corrected chi connectivity index (χ1v) is 15.2. The fraction of sp³-hybridized carbons (Fsp3) is 0.286. The van der Waals surface area contributed by atoms with Crippen molar-refractivity contribution in [3.63, 3.8) is 0 Å². The van der Waals surface area contributed by atoms with Gasteiger partial charge >= 0.3 is 0 Å². The zero-order chi connectivity index (χ0) is 26.3. The standard InChI is InChI=1S/C28H31FN2O4S2/c29-28-14-8-7-13-25(28)22-31(20-19-23-9-3-1-4-10-23)37(34,35)27-17-15-26(16-18-27)36(32,33)30-21-24-11-5-2-6-12-24/h2,5-9,11-18,30H,1,3-4,10,19-22H2. The van der Waals surface area contributed by atoms with Gasteiger partial charge in [0.2, 0.25) is 20.0 Å². The Hall–Kier alpha value is -2.85. The molecule has 0 saturated carbocycles. The zero-order valence-corrected chi connectivity index (χ0v) is 22.1. The molecule has 0 unspecified atom stereocenters. The number of nitrogens with one attached hydrogen (secondary N) is 1. The molecule has 0 aromatic heterocycles. The molecule has 4 rings (SSSR count). The summed E-state index contributed by atoms with van der Waals surface area (Å²) in [7, 11) is -7.85. The predicted octanol–water partition coefficient (Wildman–Crippen LogP) is 5.39. The molecule has 0 amide bonds. The van der Waals surface area contributed by atoms with Crippen LogP contribution in [0.3, 0.4) is 0 Å². The van der Waals surface area contributed by atoms with Gasteiger partial charge in [0.15, 0.2) is 0 Å². The molecule has 1 aliphatic carbocycles. The quantitative estimate of drug-likeness (QED) is 0.330. The van der Waals surface area contributed by atoms with Crippen molar-refractivity contribution >= 4 is 20.0 Å². The van der Waals surface area contributed by atoms with Crippen molar-refractivity contribution in [3.8, 4) is 0 Å². The number of sulfonamides is 2. The lowest BCUT2D eigenvalue weighted by Crippen LogP contribution is -2.32. The molecule has 0 heterocycles. The topological polar surface area (TPSA) is 83.5 Å². The van der Waals surface area contributed by atoms with Gasteiger partial charge in [0, 0.05) is 25.2 Å². The Labute approximate surface area is 218 Å². The average molecular weight is 543 g/mol. The van der Waals surface area contributed by atoms with Gasteiger partial charge in [-0.3, -0.25) is 0 Å². The molecule has 9 heteroatoms. The van der Waals surface area contributed by atoms with E-state index in [0.717, 1.165) is 31.2 Å². The van der Waals surface area contributed by atoms with Crippen LogP contribution in [0.15, 0.2) is 100 Å². The number of allylic oxidation sites excluding steroid dienone is 1. The number of rotatable bonds is 11. The summed E-state index contributed by atoms with van der Waals surface area (Å²) in [4.78, 5) is -0.0705. The van der Waals surface area contributed by atoms with Crippen LogP contribution < -0.4 is 4.72 Å². The molecular formula is C28H31FN2O4S2. The molecule has 0 bridgehead atoms. The number of nitrogens with zero attached hydrogens (tertiary/aromatic N) is 1. The van der Waals surface area contributed by atoms with Crippen molar-refractivity contribution in [2.75, 3.05) is 6.54 Å². The van der Waals surface area contributed by atoms with Crippen molar-refractivity contribution in [1.29, 1.82) is 0 Å². The Balaban J connectivity index is 1.54. The molecule has 0 atom stereocenters. The van der Waals surface area contributed by atoms with Crippen LogP contribution in [0.25, 0.3) is 0 Å². The number of hydrogen-bond acceptors (Lipinski definition) is 4. The smallest absolute Gasteiger partial charge is 0.207 e. The van der Waals surface area contributed by atoms with E-state index in [2.05, 4.69) is 10.8 Å². The average Bonchev–Trinajstić information content (AvgIpc) is 2.92. The van der Waals surface area contributed by atoms with Crippen LogP contribution in [-0.4, -0.2) is 27.7 Å². The van der Waals surface area contributed by atoms with Crippen molar-refractivity contribution in [2.24, 2.45) is 0 Å². The molecule has 0 spiro atoms. The molecule has 1 N–H and O–H groups in total. The summed E-state index contributed by atoms with van der Waals surface area (Å²) >= 11 is 0. The fourth-order valence-electron chi connectivity index (χ4n) is 4.30. The number of benzene rings is 3. The third-order valence-electron chi connectivity index (χ3n) is 6.45. The van der Waals surface area contributed by atoms with E-state index < -0.39 is 25.9 Å². The van der Waals surface area contributed by atoms with Crippen molar-refractivity contribution in [2.45, 2.75) is 55.0 Å². The van der Waals surface area contributed by atoms with Gasteiger partial charge in [0.05, 0.1) is 9.79 Å². The van der Waals surface area contributed by atoms with Crippen molar-refractivity contribution < 1.29 is 21.2 Å². The van der Waals surface area contributed by atoms with Gasteiger partial charge in [-0.25, -0.2) is 25.9 Å². The monoisotopic (exact) mass is 542 g/mol. The minimum Gasteiger partial charge on any atom is -0.207 e. The Morgan fingerprint density at radius 2 is 1.49 bits per heavy atom. The third-order valence-corrected chi connectivity index (χ3v) is 9.73. The first-order valence-electron chi connectivity index (χ1n) is 12.3. The Bertz CT molecular complexity index is 1440. The van der Waals surface area contributed by atoms with Crippen LogP contribution in [-0.2, 0) is 33.1 Å². The highest BCUT2D eigenvalue weighted by Gasteiger charge is 2.26. The molecule has 0 fully saturated rings. The summed E-state index contributed by atoms with van der Waals surface area (Å²) in [5.41, 5.74) is 2.31. The number of hydrogen-bond donors (Lipinski definition) is 1. The summed E-state index contributed by atoms with van der Waals surface area (Å²) in [6.07, 6.45) is 6.89. The first kappa shape index (κ1) is 27.2. The summed E-state index contributed by atoms with van der Waals surface area (Å²) in [6, 6.07) is 20.4. The van der Waals surface area contributed by atoms with Crippen LogP contribution >= 0.6 is 0 Å². The third kappa shape index (κ3) is 7.13. The number of halogens is 1. The maximum atomic E-state index is 14.4. The van der Waals surface area contributed by atoms with Crippen molar-refractivity contribution in [1.82, 2.24) is 9.03 Å². The van der Waals surface area contributed by atoms with Gasteiger partial charge in [0.25, 0.3) is 0 Å². The predicted molar refractivity (Wildman–Crippen MR) is 142 cm³/mol. The van der Waals surface area contributed by atoms with Crippen LogP contribution in [0.4, 0.5) is 4.39 Å². The van der Waals surface area contributed by atoms with Crippen LogP contribution in [0, 0.1) is 5.82 Å². The minimum atomic E-state index is -4.01. The van der Waals surface area contributed by atoms with Crippen LogP contribution in [0.1, 0.15) is 43.2 Å². The molecule has 196 valence electrons. The lowest BCUT2D eigenvalue weighted by Gasteiger charge is -2.24. The second kappa shape index (κ2) is 12.1. The van der Waals surface area contributed by atoms with E-state index in [4.69, 9.17) is 0 Å². The van der Waals surface area contributed by atoms with E-state index in [1.165, 1.54) is 40.2 Å². The molecular weight excluding hydrogens is 511 g/mol. The molecule has 0 aliphatic heterocycles. The maximum Gasteiger partial charge on any atom is 0.243 e. The van der Waals surface area contributed by atoms with E-state index >= 15 is 0 Å². The van der Waals surface area contributed by atoms with Gasteiger partial charge in [-0.05, 0) is 68.0 Å². The van der Waals surface area contributed by atoms with E-state index in [0.29, 0.717) is 6.42 Å². The Kier molecular flexibility index (Phi) is 8.91. The zero-order valence-electron chi connectivity index (χ0n) is 20.5. The van der Waals surface area contributed by atoms with Gasteiger partial charge in [0.1, 0.15) is 5.82 Å². The molecule has 0 saturated heterocycles. The fourth-order valence-corrected chi connectivity index (χ4v) is 6.73. The maximum absolute atomic E-state index is 14.4. The summed E-state index contributed by atoms with van der Waals surface area (Å²) in [5, 5.41) is 0. The Morgan fingerprint density at radius 3 is 2.16 bits per heavy atom. The SMILES string of the molecule is O=S(=O)(NCc1ccccc1)c1ccc(S(=O)(=O)N(CCC2=CCCCC2)Cc2ccccc2F)cc1. The van der Waals surface area contributed by atoms with Crippen LogP contribution in [0.5, 0.6) is 0 Å². The summed E-state index contributed by atoms with van der Waals surface area (Å²) < 4.78 is 70.9. The Morgan fingerprint density at radius 1 is 0.811 bits per heavy atom. The molecule has 3 aromatic rings. The minimum absolute atomic E-state index is 0.0320. The highest BCUT2D eigenvalue weighted by Crippen LogP contribution is 2.25. The van der Waals surface area contributed by atoms with Gasteiger partial charge < -0.3 is 0 Å². The normalized spacial score (nSPS) is 14.5. The largest absolute Gasteiger partial charge is 0.243 e. The lowest BCUT2D eigenvalue weighted by molar-refractivity contribution is 0.399. The second-order valence-corrected chi connectivity index (χ2v) is 12.8. The van der Waals surface area contributed by atoms with E-state index in [9.17, 15) is 21.2 Å². The highest BCUT2D eigenvalue weighted by molar-refractivity contribution is 7.89. The lowest BCUT2D eigenvalue weighted by atomic mass is 9.97. The van der Waals surface area contributed by atoms with Crippen LogP contribution in [0.2, 0.25) is 0 Å². The molecule has 0 radical (unpaired) electrons. The molecule has 3 aromatic carbocycles. The highest BCUT2D eigenvalue weighted by atomic mass is 32.2. The van der Waals surface area contributed by atoms with E-state index in [1.54, 1.807) is 18.2 Å². The summed E-state index contributed by atoms with van der Waals surface area (Å²) in [6.45, 7) is 0.220. The van der Waals surface area contributed by atoms with Gasteiger partial charge in [-0.2, -0.15) is 4.31 Å². The van der Waals surface area contributed by atoms with E-state index in [1.807, 2.05) is 30.3 Å².